The fourth-order valence-electron chi connectivity index (χ4n) is 6.11. The van der Waals surface area contributed by atoms with E-state index in [4.69, 9.17) is 11.6 Å². The third kappa shape index (κ3) is 5.77. The molecular weight excluding hydrogens is 547 g/mol. The normalized spacial score (nSPS) is 22.6. The molecule has 12 heteroatoms. The molecule has 1 N–H and O–H groups in total. The van der Waals surface area contributed by atoms with Crippen molar-refractivity contribution in [3.63, 3.8) is 0 Å². The van der Waals surface area contributed by atoms with Crippen LogP contribution in [0.2, 0.25) is 5.02 Å². The molecule has 3 fully saturated rings. The van der Waals surface area contributed by atoms with Crippen LogP contribution in [0.5, 0.6) is 0 Å². The monoisotopic (exact) mass is 577 g/mol. The Hall–Kier alpha value is -2.34. The lowest BCUT2D eigenvalue weighted by atomic mass is 10.1. The lowest BCUT2D eigenvalue weighted by Crippen LogP contribution is -2.35. The molecule has 7 nitrogen and oxygen atoms in total. The Labute approximate surface area is 235 Å². The van der Waals surface area contributed by atoms with E-state index in [9.17, 15) is 13.2 Å². The fraction of sp³-hybridized carbons (Fsp3) is 0.519. The van der Waals surface area contributed by atoms with Crippen LogP contribution in [-0.4, -0.2) is 66.7 Å². The first-order chi connectivity index (χ1) is 18.8. The van der Waals surface area contributed by atoms with Crippen molar-refractivity contribution in [3.05, 3.63) is 53.1 Å². The summed E-state index contributed by atoms with van der Waals surface area (Å²) in [6.45, 7) is 3.80. The summed E-state index contributed by atoms with van der Waals surface area (Å²) in [5, 5.41) is 3.75. The lowest BCUT2D eigenvalue weighted by Gasteiger charge is -2.30. The van der Waals surface area contributed by atoms with Crippen molar-refractivity contribution in [1.82, 2.24) is 28.7 Å². The Bertz CT molecular complexity index is 1320. The number of alkyl halides is 3. The van der Waals surface area contributed by atoms with Crippen molar-refractivity contribution in [2.24, 2.45) is 5.92 Å². The smallest absolute Gasteiger partial charge is 0.351 e. The van der Waals surface area contributed by atoms with Crippen LogP contribution >= 0.6 is 23.5 Å². The molecule has 1 aliphatic carbocycles. The summed E-state index contributed by atoms with van der Waals surface area (Å²) in [5.41, 5.74) is 0.724. The highest BCUT2D eigenvalue weighted by molar-refractivity contribution is 7.96. The fourth-order valence-corrected chi connectivity index (χ4v) is 6.99. The minimum atomic E-state index is -4.62. The van der Waals surface area contributed by atoms with Crippen LogP contribution < -0.4 is 5.32 Å². The second-order valence-corrected chi connectivity index (χ2v) is 12.0. The van der Waals surface area contributed by atoms with E-state index in [1.807, 2.05) is 24.5 Å². The number of hydrogen-bond acceptors (Lipinski definition) is 7. The number of hydrogen-bond donors (Lipinski definition) is 1. The van der Waals surface area contributed by atoms with Gasteiger partial charge in [0.2, 0.25) is 5.95 Å². The maximum Gasteiger partial charge on any atom is 0.420 e. The molecule has 0 amide bonds. The van der Waals surface area contributed by atoms with Crippen LogP contribution in [0.25, 0.3) is 17.1 Å². The van der Waals surface area contributed by atoms with E-state index in [-0.39, 0.29) is 23.4 Å². The van der Waals surface area contributed by atoms with Gasteiger partial charge in [-0.05, 0) is 62.0 Å². The molecule has 2 bridgehead atoms. The second-order valence-electron chi connectivity index (χ2n) is 10.7. The van der Waals surface area contributed by atoms with Gasteiger partial charge in [0.25, 0.3) is 0 Å². The van der Waals surface area contributed by atoms with E-state index in [1.165, 1.54) is 25.6 Å². The molecule has 1 saturated carbocycles. The molecular formula is C27H31ClF3N7S. The summed E-state index contributed by atoms with van der Waals surface area (Å²) in [7, 11) is 0. The molecule has 2 aromatic heterocycles. The number of fused-ring (bicyclic) bond motifs is 2. The van der Waals surface area contributed by atoms with Gasteiger partial charge in [-0.2, -0.15) is 13.2 Å². The number of halogens is 4. The van der Waals surface area contributed by atoms with Gasteiger partial charge in [-0.25, -0.2) is 15.0 Å². The third-order valence-electron chi connectivity index (χ3n) is 8.16. The van der Waals surface area contributed by atoms with Gasteiger partial charge in [0.15, 0.2) is 0 Å². The van der Waals surface area contributed by atoms with Gasteiger partial charge >= 0.3 is 6.18 Å². The average Bonchev–Trinajstić information content (AvgIpc) is 3.67. The number of aromatic nitrogens is 4. The standard InChI is InChI=1S/C27H31ClF3N7S/c1-39-38-8-6-19(7-9-38)34-26-32-12-21(27(29,30)31)25(35-26)23-15-37(16-33-23)24-5-3-18(11-22(24)28)14-36-13-17-2-4-20(36)10-17/h3,5,11-12,15-17,19-20H,2,4,6-10,13-14H2,1H3,(H,32,34,35). The Morgan fingerprint density at radius 1 is 1.13 bits per heavy atom. The molecule has 208 valence electrons. The van der Waals surface area contributed by atoms with Crippen molar-refractivity contribution in [2.75, 3.05) is 31.2 Å². The first kappa shape index (κ1) is 26.9. The summed E-state index contributed by atoms with van der Waals surface area (Å²) in [5.74, 6) is 0.995. The maximum atomic E-state index is 13.9. The predicted molar refractivity (Wildman–Crippen MR) is 148 cm³/mol. The van der Waals surface area contributed by atoms with Crippen molar-refractivity contribution >= 4 is 29.5 Å². The van der Waals surface area contributed by atoms with E-state index in [1.54, 1.807) is 22.7 Å². The summed E-state index contributed by atoms with van der Waals surface area (Å²) in [4.78, 5) is 15.1. The Morgan fingerprint density at radius 3 is 2.62 bits per heavy atom. The molecule has 3 aromatic rings. The predicted octanol–water partition coefficient (Wildman–Crippen LogP) is 6.14. The van der Waals surface area contributed by atoms with Gasteiger partial charge in [-0.3, -0.25) is 9.21 Å². The third-order valence-corrected chi connectivity index (χ3v) is 9.35. The first-order valence-electron chi connectivity index (χ1n) is 13.3. The van der Waals surface area contributed by atoms with Gasteiger partial charge in [0.1, 0.15) is 23.3 Å². The highest BCUT2D eigenvalue weighted by Gasteiger charge is 2.38. The molecule has 0 radical (unpaired) electrons. The molecule has 2 saturated heterocycles. The van der Waals surface area contributed by atoms with Crippen LogP contribution in [0.4, 0.5) is 19.1 Å². The number of benzene rings is 1. The van der Waals surface area contributed by atoms with Crippen LogP contribution in [-0.2, 0) is 12.7 Å². The zero-order valence-corrected chi connectivity index (χ0v) is 23.2. The molecule has 39 heavy (non-hydrogen) atoms. The lowest BCUT2D eigenvalue weighted by molar-refractivity contribution is -0.137. The molecule has 0 spiro atoms. The molecule has 2 aliphatic heterocycles. The maximum absolute atomic E-state index is 13.9. The molecule has 4 heterocycles. The van der Waals surface area contributed by atoms with Crippen LogP contribution in [0.15, 0.2) is 36.9 Å². The summed E-state index contributed by atoms with van der Waals surface area (Å²) < 4.78 is 45.6. The van der Waals surface area contributed by atoms with Gasteiger partial charge in [0.05, 0.1) is 10.7 Å². The number of nitrogens with one attached hydrogen (secondary N) is 1. The van der Waals surface area contributed by atoms with Gasteiger partial charge in [0, 0.05) is 50.7 Å². The molecule has 3 aliphatic rings. The first-order valence-corrected chi connectivity index (χ1v) is 14.9. The second kappa shape index (κ2) is 10.9. The molecule has 6 rings (SSSR count). The Morgan fingerprint density at radius 2 is 1.95 bits per heavy atom. The van der Waals surface area contributed by atoms with Crippen LogP contribution in [0, 0.1) is 5.92 Å². The van der Waals surface area contributed by atoms with E-state index in [0.29, 0.717) is 16.8 Å². The minimum absolute atomic E-state index is 0.101. The molecule has 1 aromatic carbocycles. The summed E-state index contributed by atoms with van der Waals surface area (Å²) >= 11 is 8.35. The quantitative estimate of drug-likeness (QED) is 0.338. The van der Waals surface area contributed by atoms with Crippen molar-refractivity contribution < 1.29 is 13.2 Å². The SMILES string of the molecule is CSN1CCC(Nc2ncc(C(F)(F)F)c(-c3cn(-c4ccc(CN5CC6CCC5C6)cc4Cl)cn3)n2)CC1. The number of imidazole rings is 1. The number of rotatable bonds is 7. The topological polar surface area (TPSA) is 62.1 Å². The van der Waals surface area contributed by atoms with Gasteiger partial charge in [-0.15, -0.1) is 0 Å². The summed E-state index contributed by atoms with van der Waals surface area (Å²) in [6.07, 6.45) is 6.90. The minimum Gasteiger partial charge on any atom is -0.351 e. The number of piperidine rings is 2. The van der Waals surface area contributed by atoms with Gasteiger partial charge < -0.3 is 9.88 Å². The largest absolute Gasteiger partial charge is 0.420 e. The van der Waals surface area contributed by atoms with E-state index in [0.717, 1.165) is 56.7 Å². The average molecular weight is 578 g/mol. The highest BCUT2D eigenvalue weighted by atomic mass is 35.5. The molecule has 2 unspecified atom stereocenters. The highest BCUT2D eigenvalue weighted by Crippen LogP contribution is 2.39. The Kier molecular flexibility index (Phi) is 7.51. The van der Waals surface area contributed by atoms with Crippen molar-refractivity contribution in [1.29, 1.82) is 0 Å². The van der Waals surface area contributed by atoms with E-state index < -0.39 is 11.7 Å². The zero-order chi connectivity index (χ0) is 27.1. The van der Waals surface area contributed by atoms with Crippen molar-refractivity contribution in [3.8, 4) is 17.1 Å². The number of likely N-dealkylation sites (tertiary alicyclic amines) is 1. The van der Waals surface area contributed by atoms with Gasteiger partial charge in [-0.1, -0.05) is 29.6 Å². The number of nitrogens with zero attached hydrogens (tertiary/aromatic N) is 6. The van der Waals surface area contributed by atoms with Crippen LogP contribution in [0.3, 0.4) is 0 Å². The van der Waals surface area contributed by atoms with Crippen LogP contribution in [0.1, 0.15) is 43.2 Å². The number of anilines is 1. The van der Waals surface area contributed by atoms with E-state index >= 15 is 0 Å². The molecule has 2 atom stereocenters. The van der Waals surface area contributed by atoms with Crippen molar-refractivity contribution in [2.45, 2.75) is 56.9 Å². The zero-order valence-electron chi connectivity index (χ0n) is 21.7. The summed E-state index contributed by atoms with van der Waals surface area (Å²) in [6, 6.07) is 6.64. The Balaban J connectivity index is 1.22. The van der Waals surface area contributed by atoms with E-state index in [2.05, 4.69) is 29.5 Å².